The highest BCUT2D eigenvalue weighted by Gasteiger charge is 2.31. The zero-order valence-corrected chi connectivity index (χ0v) is 24.8. The van der Waals surface area contributed by atoms with Crippen LogP contribution < -0.4 is 5.43 Å². The van der Waals surface area contributed by atoms with E-state index in [1.807, 2.05) is 35.2 Å². The van der Waals surface area contributed by atoms with Crippen LogP contribution in [0.2, 0.25) is 0 Å². The molecule has 0 bridgehead atoms. The maximum absolute atomic E-state index is 13.5. The number of β-amino-alcohol motifs (C(OH)–C–C–N with tert-alkyl or cyclic N) is 1. The van der Waals surface area contributed by atoms with Crippen LogP contribution in [0.5, 0.6) is 0 Å². The summed E-state index contributed by atoms with van der Waals surface area (Å²) in [6.07, 6.45) is 2.96. The number of aliphatic hydroxyl groups excluding tert-OH is 1. The van der Waals surface area contributed by atoms with E-state index in [2.05, 4.69) is 15.5 Å². The average Bonchev–Trinajstić information content (AvgIpc) is 3.02. The fourth-order valence-electron chi connectivity index (χ4n) is 4.70. The number of nitrogens with one attached hydrogen (secondary N) is 1. The van der Waals surface area contributed by atoms with E-state index in [0.717, 1.165) is 27.9 Å². The number of rotatable bonds is 11. The van der Waals surface area contributed by atoms with Gasteiger partial charge in [0, 0.05) is 73.0 Å². The second kappa shape index (κ2) is 13.4. The number of anilines is 1. The van der Waals surface area contributed by atoms with Gasteiger partial charge in [-0.1, -0.05) is 36.0 Å². The van der Waals surface area contributed by atoms with Gasteiger partial charge in [0.2, 0.25) is 10.0 Å². The summed E-state index contributed by atoms with van der Waals surface area (Å²) >= 11 is 1.22. The number of aliphatic hydroxyl groups is 1. The number of para-hydroxylation sites is 1. The molecule has 4 aromatic rings. The second-order valence-corrected chi connectivity index (χ2v) is 12.7. The summed E-state index contributed by atoms with van der Waals surface area (Å²) < 4.78 is 28.3. The molecule has 2 heterocycles. The molecule has 16 heteroatoms. The molecular weight excluding hydrogens is 610 g/mol. The van der Waals surface area contributed by atoms with Gasteiger partial charge in [0.25, 0.3) is 11.4 Å². The summed E-state index contributed by atoms with van der Waals surface area (Å²) in [5.74, 6) is 0. The van der Waals surface area contributed by atoms with Crippen molar-refractivity contribution >= 4 is 56.0 Å². The first-order valence-electron chi connectivity index (χ1n) is 13.4. The van der Waals surface area contributed by atoms with Gasteiger partial charge in [-0.05, 0) is 24.3 Å². The topological polar surface area (TPSA) is 184 Å². The van der Waals surface area contributed by atoms with Crippen LogP contribution in [0.1, 0.15) is 5.56 Å². The largest absolute Gasteiger partial charge is 0.395 e. The number of fused-ring (bicyclic) bond motifs is 1. The Bertz CT molecular complexity index is 1840. The molecule has 1 fully saturated rings. The van der Waals surface area contributed by atoms with Gasteiger partial charge in [0.15, 0.2) is 0 Å². The molecule has 1 saturated heterocycles. The molecular formula is C28H27N7O7S2. The van der Waals surface area contributed by atoms with Crippen LogP contribution in [0.25, 0.3) is 10.9 Å². The van der Waals surface area contributed by atoms with Gasteiger partial charge in [0.05, 0.1) is 38.8 Å². The third-order valence-electron chi connectivity index (χ3n) is 6.94. The molecule has 1 aromatic heterocycles. The molecule has 0 unspecified atom stereocenters. The molecule has 1 aliphatic heterocycles. The normalized spacial score (nSPS) is 14.7. The lowest BCUT2D eigenvalue weighted by atomic mass is 10.2. The lowest BCUT2D eigenvalue weighted by Gasteiger charge is -2.33. The number of nitro groups is 2. The minimum absolute atomic E-state index is 0.00905. The van der Waals surface area contributed by atoms with E-state index in [0.29, 0.717) is 30.1 Å². The number of piperazine rings is 1. The van der Waals surface area contributed by atoms with Crippen LogP contribution in [0.15, 0.2) is 92.7 Å². The number of hydrogen-bond donors (Lipinski definition) is 2. The average molecular weight is 638 g/mol. The molecule has 5 rings (SSSR count). The van der Waals surface area contributed by atoms with Gasteiger partial charge < -0.3 is 5.11 Å². The lowest BCUT2D eigenvalue weighted by molar-refractivity contribution is -0.387. The van der Waals surface area contributed by atoms with Crippen molar-refractivity contribution in [3.63, 3.8) is 0 Å². The van der Waals surface area contributed by atoms with E-state index < -0.39 is 25.6 Å². The van der Waals surface area contributed by atoms with E-state index in [1.165, 1.54) is 34.4 Å². The van der Waals surface area contributed by atoms with Crippen molar-refractivity contribution in [3.05, 3.63) is 98.7 Å². The van der Waals surface area contributed by atoms with Crippen molar-refractivity contribution in [1.29, 1.82) is 0 Å². The van der Waals surface area contributed by atoms with Crippen molar-refractivity contribution in [2.45, 2.75) is 14.7 Å². The van der Waals surface area contributed by atoms with E-state index in [9.17, 15) is 28.6 Å². The SMILES string of the molecule is O=[N+]([O-])c1ccc(N/N=C\c2ccc(Sc3cccc4cccnc34)c([N+](=O)[O-])c2)c(S(=O)(=O)N2CCN(CCO)CC2)c1. The first kappa shape index (κ1) is 31.0. The van der Waals surface area contributed by atoms with Crippen LogP contribution >= 0.6 is 11.8 Å². The van der Waals surface area contributed by atoms with Gasteiger partial charge in [-0.15, -0.1) is 0 Å². The van der Waals surface area contributed by atoms with Gasteiger partial charge in [-0.2, -0.15) is 9.41 Å². The molecule has 0 radical (unpaired) electrons. The smallest absolute Gasteiger partial charge is 0.283 e. The first-order chi connectivity index (χ1) is 21.2. The molecule has 0 aliphatic carbocycles. The van der Waals surface area contributed by atoms with Crippen LogP contribution in [-0.2, 0) is 10.0 Å². The third-order valence-corrected chi connectivity index (χ3v) is 9.99. The van der Waals surface area contributed by atoms with Crippen molar-refractivity contribution in [1.82, 2.24) is 14.2 Å². The molecule has 1 aliphatic rings. The predicted octanol–water partition coefficient (Wildman–Crippen LogP) is 3.95. The fourth-order valence-corrected chi connectivity index (χ4v) is 7.31. The third kappa shape index (κ3) is 6.84. The molecule has 0 amide bonds. The van der Waals surface area contributed by atoms with Crippen LogP contribution in [-0.4, -0.2) is 83.1 Å². The molecule has 2 N–H and O–H groups in total. The van der Waals surface area contributed by atoms with E-state index in [4.69, 9.17) is 5.11 Å². The summed E-state index contributed by atoms with van der Waals surface area (Å²) in [6.45, 7) is 1.48. The van der Waals surface area contributed by atoms with Gasteiger partial charge in [-0.3, -0.25) is 35.5 Å². The summed E-state index contributed by atoms with van der Waals surface area (Å²) in [5.41, 5.74) is 3.20. The molecule has 0 saturated carbocycles. The number of non-ortho nitro benzene ring substituents is 1. The summed E-state index contributed by atoms with van der Waals surface area (Å²) in [5, 5.41) is 37.5. The van der Waals surface area contributed by atoms with Crippen molar-refractivity contribution in [3.8, 4) is 0 Å². The Labute approximate surface area is 256 Å². The van der Waals surface area contributed by atoms with Crippen LogP contribution in [0.4, 0.5) is 17.1 Å². The zero-order valence-electron chi connectivity index (χ0n) is 23.1. The Morgan fingerprint density at radius 1 is 0.977 bits per heavy atom. The van der Waals surface area contributed by atoms with Gasteiger partial charge in [0.1, 0.15) is 4.90 Å². The number of nitro benzene ring substituents is 2. The van der Waals surface area contributed by atoms with E-state index >= 15 is 0 Å². The highest BCUT2D eigenvalue weighted by molar-refractivity contribution is 7.99. The maximum Gasteiger partial charge on any atom is 0.283 e. The number of hydrogen-bond acceptors (Lipinski definition) is 12. The summed E-state index contributed by atoms with van der Waals surface area (Å²) in [4.78, 5) is 29.4. The Morgan fingerprint density at radius 3 is 2.48 bits per heavy atom. The first-order valence-corrected chi connectivity index (χ1v) is 15.6. The molecule has 0 spiro atoms. The minimum Gasteiger partial charge on any atom is -0.395 e. The Hall–Kier alpha value is -4.48. The monoisotopic (exact) mass is 637 g/mol. The molecule has 14 nitrogen and oxygen atoms in total. The number of benzene rings is 3. The van der Waals surface area contributed by atoms with Gasteiger partial charge in [-0.25, -0.2) is 8.42 Å². The number of aromatic nitrogens is 1. The van der Waals surface area contributed by atoms with Crippen LogP contribution in [0.3, 0.4) is 0 Å². The van der Waals surface area contributed by atoms with Gasteiger partial charge >= 0.3 is 0 Å². The molecule has 0 atom stereocenters. The standard InChI is InChI=1S/C28H27N7O7S2/c36-16-15-32-11-13-33(14-12-32)44(41,42)27-18-22(34(37)38)7-8-23(27)31-30-19-20-6-9-25(24(17-20)35(39)40)43-26-5-1-3-21-4-2-10-29-28(21)26/h1-10,17-19,31,36H,11-16H2/b30-19-. The predicted molar refractivity (Wildman–Crippen MR) is 166 cm³/mol. The highest BCUT2D eigenvalue weighted by atomic mass is 32.2. The number of nitrogens with zero attached hydrogens (tertiary/aromatic N) is 6. The Kier molecular flexibility index (Phi) is 9.46. The lowest BCUT2D eigenvalue weighted by Crippen LogP contribution is -2.49. The quantitative estimate of drug-likeness (QED) is 0.138. The zero-order chi connectivity index (χ0) is 31.3. The molecule has 3 aromatic carbocycles. The Balaban J connectivity index is 1.38. The van der Waals surface area contributed by atoms with Crippen molar-refractivity contribution in [2.75, 3.05) is 44.8 Å². The van der Waals surface area contributed by atoms with E-state index in [1.54, 1.807) is 18.3 Å². The fraction of sp³-hybridized carbons (Fsp3) is 0.214. The molecule has 44 heavy (non-hydrogen) atoms. The maximum atomic E-state index is 13.5. The minimum atomic E-state index is -4.15. The Morgan fingerprint density at radius 2 is 1.75 bits per heavy atom. The highest BCUT2D eigenvalue weighted by Crippen LogP contribution is 2.38. The molecule has 228 valence electrons. The van der Waals surface area contributed by atoms with E-state index in [-0.39, 0.29) is 36.0 Å². The number of pyridine rings is 1. The van der Waals surface area contributed by atoms with Crippen LogP contribution in [0, 0.1) is 20.2 Å². The summed E-state index contributed by atoms with van der Waals surface area (Å²) in [7, 11) is -4.15. The van der Waals surface area contributed by atoms with Crippen molar-refractivity contribution < 1.29 is 23.4 Å². The second-order valence-electron chi connectivity index (χ2n) is 9.69. The summed E-state index contributed by atoms with van der Waals surface area (Å²) in [6, 6.07) is 17.3. The van der Waals surface area contributed by atoms with Crippen molar-refractivity contribution in [2.24, 2.45) is 5.10 Å². The number of sulfonamides is 1. The number of hydrazone groups is 1.